The Labute approximate surface area is 85.6 Å². The zero-order valence-electron chi connectivity index (χ0n) is 5.74. The van der Waals surface area contributed by atoms with Gasteiger partial charge in [-0.2, -0.15) is 0 Å². The van der Waals surface area contributed by atoms with Crippen LogP contribution in [-0.4, -0.2) is 5.88 Å². The van der Waals surface area contributed by atoms with E-state index in [0.29, 0.717) is 0 Å². The number of allylic oxidation sites excluding steroid dienone is 2. The molecule has 3 heteroatoms. The Balaban J connectivity index is -0.000000180. The van der Waals surface area contributed by atoms with Crippen LogP contribution in [0, 0.1) is 0 Å². The first-order valence-electron chi connectivity index (χ1n) is 2.59. The van der Waals surface area contributed by atoms with Crippen molar-refractivity contribution in [1.29, 1.82) is 0 Å². The molecule has 52 valence electrons. The van der Waals surface area contributed by atoms with Gasteiger partial charge in [-0.05, 0) is 19.8 Å². The maximum Gasteiger partial charge on any atom is 0.0226 e. The molecule has 0 heterocycles. The van der Waals surface area contributed by atoms with Crippen LogP contribution in [0.4, 0.5) is 0 Å². The summed E-state index contributed by atoms with van der Waals surface area (Å²) in [6.45, 7) is 2.02. The van der Waals surface area contributed by atoms with Crippen LogP contribution >= 0.6 is 11.6 Å². The van der Waals surface area contributed by atoms with E-state index in [0.717, 1.165) is 18.7 Å². The summed E-state index contributed by atoms with van der Waals surface area (Å²) >= 11 is 5.40. The van der Waals surface area contributed by atoms with Crippen LogP contribution in [0.5, 0.6) is 0 Å². The average molecular weight is 264 g/mol. The first kappa shape index (κ1) is 16.6. The monoisotopic (exact) mass is 261 g/mol. The molecule has 0 N–H and O–H groups in total. The molecule has 0 fully saturated rings. The third-order valence-corrected chi connectivity index (χ3v) is 1.01. The van der Waals surface area contributed by atoms with Crippen molar-refractivity contribution in [2.75, 3.05) is 5.88 Å². The third kappa shape index (κ3) is 17.6. The topological polar surface area (TPSA) is 0 Å². The Morgan fingerprint density at radius 1 is 1.44 bits per heavy atom. The maximum atomic E-state index is 5.40. The average Bonchev–Trinajstić information content (AvgIpc) is 1.69. The predicted octanol–water partition coefficient (Wildman–Crippen LogP) is -0.417. The molecule has 0 aromatic rings. The van der Waals surface area contributed by atoms with Gasteiger partial charge < -0.3 is 17.0 Å². The second-order valence-corrected chi connectivity index (χ2v) is 1.78. The molecule has 0 aromatic heterocycles. The second-order valence-electron chi connectivity index (χ2n) is 1.40. The predicted molar refractivity (Wildman–Crippen MR) is 34.8 cm³/mol. The van der Waals surface area contributed by atoms with Crippen molar-refractivity contribution >= 4 is 11.6 Å². The van der Waals surface area contributed by atoms with Gasteiger partial charge in [-0.25, -0.2) is 0 Å². The largest absolute Gasteiger partial charge is 1.00 e. The molecule has 0 unspecified atom stereocenters. The van der Waals surface area contributed by atoms with Crippen molar-refractivity contribution in [2.45, 2.75) is 19.8 Å². The van der Waals surface area contributed by atoms with Crippen molar-refractivity contribution in [3.05, 3.63) is 12.2 Å². The molecular weight excluding hydrogens is 253 g/mol. The molecule has 0 rings (SSSR count). The smallest absolute Gasteiger partial charge is 0.0226 e. The van der Waals surface area contributed by atoms with Crippen LogP contribution in [0.15, 0.2) is 12.2 Å². The summed E-state index contributed by atoms with van der Waals surface area (Å²) in [5, 5.41) is 0. The molecule has 0 aliphatic rings. The molecule has 9 heavy (non-hydrogen) atoms. The first-order valence-corrected chi connectivity index (χ1v) is 3.12. The van der Waals surface area contributed by atoms with Crippen LogP contribution in [0.2, 0.25) is 0 Å². The minimum absolute atomic E-state index is 0. The Morgan fingerprint density at radius 2 is 2.00 bits per heavy atom. The molecule has 0 aliphatic carbocycles. The van der Waals surface area contributed by atoms with Crippen molar-refractivity contribution in [3.63, 3.8) is 0 Å². The number of halogens is 2. The van der Waals surface area contributed by atoms with Crippen molar-refractivity contribution in [3.8, 4) is 0 Å². The summed E-state index contributed by atoms with van der Waals surface area (Å²) in [4.78, 5) is 0. The quantitative estimate of drug-likeness (QED) is 0.281. The van der Waals surface area contributed by atoms with Crippen LogP contribution in [0.3, 0.4) is 0 Å². The Hall–Kier alpha value is 1.13. The van der Waals surface area contributed by atoms with Crippen LogP contribution in [0.1, 0.15) is 19.8 Å². The van der Waals surface area contributed by atoms with Gasteiger partial charge in [-0.3, -0.25) is 0 Å². The van der Waals surface area contributed by atoms with E-state index in [1.807, 2.05) is 13.0 Å². The van der Waals surface area contributed by atoms with Crippen LogP contribution in [-0.2, 0) is 19.5 Å². The Bertz CT molecular complexity index is 57.0. The minimum atomic E-state index is 0. The van der Waals surface area contributed by atoms with Crippen molar-refractivity contribution in [1.82, 2.24) is 0 Å². The SMILES string of the molecule is C/C=C/CCCCl.[Br-].[Zn]. The van der Waals surface area contributed by atoms with E-state index in [1.165, 1.54) is 0 Å². The summed E-state index contributed by atoms with van der Waals surface area (Å²) < 4.78 is 0. The number of hydrogen-bond acceptors (Lipinski definition) is 0. The molecule has 0 saturated carbocycles. The van der Waals surface area contributed by atoms with Gasteiger partial charge in [0.1, 0.15) is 0 Å². The normalized spacial score (nSPS) is 8.22. The van der Waals surface area contributed by atoms with Crippen LogP contribution in [0.25, 0.3) is 0 Å². The summed E-state index contributed by atoms with van der Waals surface area (Å²) in [6.07, 6.45) is 6.40. The molecule has 0 atom stereocenters. The van der Waals surface area contributed by atoms with E-state index in [2.05, 4.69) is 6.08 Å². The van der Waals surface area contributed by atoms with Gasteiger partial charge in [0, 0.05) is 25.4 Å². The van der Waals surface area contributed by atoms with Gasteiger partial charge in [0.25, 0.3) is 0 Å². The molecule has 0 bridgehead atoms. The maximum absolute atomic E-state index is 5.40. The molecule has 0 spiro atoms. The zero-order valence-corrected chi connectivity index (χ0v) is 11.0. The Morgan fingerprint density at radius 3 is 2.33 bits per heavy atom. The van der Waals surface area contributed by atoms with Gasteiger partial charge in [0.15, 0.2) is 0 Å². The zero-order chi connectivity index (χ0) is 5.54. The molecule has 0 saturated heterocycles. The van der Waals surface area contributed by atoms with E-state index >= 15 is 0 Å². The molecular formula is C6H11BrClZn-. The van der Waals surface area contributed by atoms with Gasteiger partial charge in [0.05, 0.1) is 0 Å². The fourth-order valence-corrected chi connectivity index (χ4v) is 0.516. The minimum Gasteiger partial charge on any atom is -1.00 e. The van der Waals surface area contributed by atoms with E-state index in [-0.39, 0.29) is 36.5 Å². The summed E-state index contributed by atoms with van der Waals surface area (Å²) in [7, 11) is 0. The molecule has 0 aliphatic heterocycles. The van der Waals surface area contributed by atoms with Gasteiger partial charge >= 0.3 is 0 Å². The summed E-state index contributed by atoms with van der Waals surface area (Å²) in [6, 6.07) is 0. The third-order valence-electron chi connectivity index (χ3n) is 0.740. The van der Waals surface area contributed by atoms with E-state index in [4.69, 9.17) is 11.6 Å². The first-order chi connectivity index (χ1) is 3.41. The summed E-state index contributed by atoms with van der Waals surface area (Å²) in [5.74, 6) is 0.782. The number of alkyl halides is 1. The van der Waals surface area contributed by atoms with Gasteiger partial charge in [-0.15, -0.1) is 11.6 Å². The number of hydrogen-bond donors (Lipinski definition) is 0. The molecule has 0 radical (unpaired) electrons. The standard InChI is InChI=1S/C6H11Cl.BrH.Zn/c1-2-3-4-5-6-7;;/h2-3H,4-6H2,1H3;1H;/p-1/b3-2+;;. The van der Waals surface area contributed by atoms with Crippen molar-refractivity contribution in [2.24, 2.45) is 0 Å². The van der Waals surface area contributed by atoms with E-state index in [9.17, 15) is 0 Å². The molecule has 0 amide bonds. The second kappa shape index (κ2) is 16.1. The van der Waals surface area contributed by atoms with Crippen LogP contribution < -0.4 is 17.0 Å². The van der Waals surface area contributed by atoms with Gasteiger partial charge in [0.2, 0.25) is 0 Å². The number of unbranched alkanes of at least 4 members (excludes halogenated alkanes) is 1. The van der Waals surface area contributed by atoms with Gasteiger partial charge in [-0.1, -0.05) is 12.2 Å². The molecule has 0 aromatic carbocycles. The van der Waals surface area contributed by atoms with Crippen molar-refractivity contribution < 1.29 is 36.5 Å². The van der Waals surface area contributed by atoms with E-state index in [1.54, 1.807) is 0 Å². The number of rotatable bonds is 3. The molecule has 0 nitrogen and oxygen atoms in total. The fraction of sp³-hybridized carbons (Fsp3) is 0.667. The Kier molecular flexibility index (Phi) is 29.6. The summed E-state index contributed by atoms with van der Waals surface area (Å²) in [5.41, 5.74) is 0. The fourth-order valence-electron chi connectivity index (χ4n) is 0.362. The van der Waals surface area contributed by atoms with E-state index < -0.39 is 0 Å².